The maximum absolute atomic E-state index is 12.8. The Morgan fingerprint density at radius 2 is 1.65 bits per heavy atom. The fourth-order valence-electron chi connectivity index (χ4n) is 2.84. The number of piperazine rings is 1. The summed E-state index contributed by atoms with van der Waals surface area (Å²) in [5.74, 6) is -0.121. The van der Waals surface area contributed by atoms with Crippen LogP contribution in [0.15, 0.2) is 40.8 Å². The monoisotopic (exact) mass is 366 g/mol. The zero-order valence-electron chi connectivity index (χ0n) is 14.0. The van der Waals surface area contributed by atoms with Gasteiger partial charge in [-0.2, -0.15) is 13.2 Å². The van der Waals surface area contributed by atoms with Crippen molar-refractivity contribution in [1.82, 2.24) is 9.80 Å². The summed E-state index contributed by atoms with van der Waals surface area (Å²) in [6, 6.07) is 7.69. The fraction of sp³-hybridized carbons (Fsp3) is 0.333. The first kappa shape index (κ1) is 18.0. The van der Waals surface area contributed by atoms with E-state index in [1.807, 2.05) is 0 Å². The minimum absolute atomic E-state index is 0.0399. The standard InChI is InChI=1S/C18H17F3N2O3/c1-12(24)22-7-9-23(10-8-22)17(25)16-6-5-15(26-16)13-3-2-4-14(11-13)18(19,20)21/h2-6,11H,7-10H2,1H3. The van der Waals surface area contributed by atoms with Gasteiger partial charge < -0.3 is 14.2 Å². The average molecular weight is 366 g/mol. The van der Waals surface area contributed by atoms with Gasteiger partial charge in [0.1, 0.15) is 5.76 Å². The molecule has 1 aromatic heterocycles. The van der Waals surface area contributed by atoms with Crippen LogP contribution in [-0.4, -0.2) is 47.8 Å². The molecule has 1 fully saturated rings. The number of nitrogens with zero attached hydrogens (tertiary/aromatic N) is 2. The summed E-state index contributed by atoms with van der Waals surface area (Å²) in [6.45, 7) is 3.14. The Morgan fingerprint density at radius 1 is 1.00 bits per heavy atom. The third kappa shape index (κ3) is 3.74. The van der Waals surface area contributed by atoms with Gasteiger partial charge in [0, 0.05) is 38.7 Å². The molecule has 3 rings (SSSR count). The highest BCUT2D eigenvalue weighted by Crippen LogP contribution is 2.32. The number of hydrogen-bond acceptors (Lipinski definition) is 3. The van der Waals surface area contributed by atoms with Gasteiger partial charge in [-0.25, -0.2) is 0 Å². The van der Waals surface area contributed by atoms with Gasteiger partial charge >= 0.3 is 6.18 Å². The van der Waals surface area contributed by atoms with Crippen molar-refractivity contribution in [2.75, 3.05) is 26.2 Å². The lowest BCUT2D eigenvalue weighted by molar-refractivity contribution is -0.137. The van der Waals surface area contributed by atoms with Gasteiger partial charge in [0.25, 0.3) is 5.91 Å². The van der Waals surface area contributed by atoms with E-state index < -0.39 is 11.7 Å². The molecule has 0 unspecified atom stereocenters. The Labute approximate surface area is 148 Å². The first-order valence-corrected chi connectivity index (χ1v) is 8.08. The molecule has 1 aromatic carbocycles. The van der Waals surface area contributed by atoms with Crippen LogP contribution in [-0.2, 0) is 11.0 Å². The molecule has 0 spiro atoms. The third-order valence-corrected chi connectivity index (χ3v) is 4.30. The lowest BCUT2D eigenvalue weighted by atomic mass is 10.1. The van der Waals surface area contributed by atoms with E-state index in [0.717, 1.165) is 12.1 Å². The summed E-state index contributed by atoms with van der Waals surface area (Å²) in [7, 11) is 0. The lowest BCUT2D eigenvalue weighted by Gasteiger charge is -2.33. The van der Waals surface area contributed by atoms with Crippen LogP contribution in [0.4, 0.5) is 13.2 Å². The summed E-state index contributed by atoms with van der Waals surface area (Å²) in [4.78, 5) is 27.0. The number of hydrogen-bond donors (Lipinski definition) is 0. The SMILES string of the molecule is CC(=O)N1CCN(C(=O)c2ccc(-c3cccc(C(F)(F)F)c3)o2)CC1. The number of alkyl halides is 3. The average Bonchev–Trinajstić information content (AvgIpc) is 3.10. The molecular formula is C18H17F3N2O3. The number of carbonyl (C=O) groups excluding carboxylic acids is 2. The van der Waals surface area contributed by atoms with E-state index in [1.54, 1.807) is 9.80 Å². The number of carbonyl (C=O) groups is 2. The van der Waals surface area contributed by atoms with Gasteiger partial charge in [-0.15, -0.1) is 0 Å². The van der Waals surface area contributed by atoms with Gasteiger partial charge in [0.05, 0.1) is 5.56 Å². The largest absolute Gasteiger partial charge is 0.451 e. The predicted molar refractivity (Wildman–Crippen MR) is 87.3 cm³/mol. The number of amides is 2. The van der Waals surface area contributed by atoms with E-state index in [-0.39, 0.29) is 28.9 Å². The zero-order valence-corrected chi connectivity index (χ0v) is 14.0. The Bertz CT molecular complexity index is 821. The molecule has 0 aliphatic carbocycles. The van der Waals surface area contributed by atoms with Crippen molar-refractivity contribution in [1.29, 1.82) is 0 Å². The molecule has 5 nitrogen and oxygen atoms in total. The first-order chi connectivity index (χ1) is 12.3. The molecule has 1 aliphatic rings. The van der Waals surface area contributed by atoms with Crippen molar-refractivity contribution in [3.05, 3.63) is 47.7 Å². The fourth-order valence-corrected chi connectivity index (χ4v) is 2.84. The van der Waals surface area contributed by atoms with E-state index in [1.165, 1.54) is 31.2 Å². The van der Waals surface area contributed by atoms with Crippen molar-refractivity contribution in [2.24, 2.45) is 0 Å². The van der Waals surface area contributed by atoms with E-state index in [2.05, 4.69) is 0 Å². The Balaban J connectivity index is 1.74. The maximum Gasteiger partial charge on any atom is 0.416 e. The molecule has 0 N–H and O–H groups in total. The quantitative estimate of drug-likeness (QED) is 0.820. The van der Waals surface area contributed by atoms with Gasteiger partial charge in [0.2, 0.25) is 5.91 Å². The van der Waals surface area contributed by atoms with Gasteiger partial charge in [-0.05, 0) is 24.3 Å². The van der Waals surface area contributed by atoms with Crippen molar-refractivity contribution < 1.29 is 27.2 Å². The summed E-state index contributed by atoms with van der Waals surface area (Å²) >= 11 is 0. The van der Waals surface area contributed by atoms with Crippen molar-refractivity contribution in [2.45, 2.75) is 13.1 Å². The van der Waals surface area contributed by atoms with Crippen LogP contribution in [0.3, 0.4) is 0 Å². The van der Waals surface area contributed by atoms with E-state index >= 15 is 0 Å². The summed E-state index contributed by atoms with van der Waals surface area (Å²) < 4.78 is 44.0. The van der Waals surface area contributed by atoms with Gasteiger partial charge in [-0.3, -0.25) is 9.59 Å². The van der Waals surface area contributed by atoms with E-state index in [0.29, 0.717) is 26.2 Å². The van der Waals surface area contributed by atoms with Crippen LogP contribution in [0, 0.1) is 0 Å². The van der Waals surface area contributed by atoms with Gasteiger partial charge in [0.15, 0.2) is 5.76 Å². The molecule has 1 aliphatic heterocycles. The molecular weight excluding hydrogens is 349 g/mol. The molecule has 0 saturated carbocycles. The molecule has 0 radical (unpaired) electrons. The van der Waals surface area contributed by atoms with Gasteiger partial charge in [-0.1, -0.05) is 12.1 Å². The van der Waals surface area contributed by atoms with Crippen molar-refractivity contribution in [3.8, 4) is 11.3 Å². The van der Waals surface area contributed by atoms with Crippen molar-refractivity contribution in [3.63, 3.8) is 0 Å². The highest BCUT2D eigenvalue weighted by molar-refractivity contribution is 5.92. The molecule has 2 heterocycles. The normalized spacial score (nSPS) is 15.2. The number of halogens is 3. The molecule has 2 amide bonds. The van der Waals surface area contributed by atoms with E-state index in [9.17, 15) is 22.8 Å². The molecule has 8 heteroatoms. The third-order valence-electron chi connectivity index (χ3n) is 4.30. The summed E-state index contributed by atoms with van der Waals surface area (Å²) in [6.07, 6.45) is -4.45. The van der Waals surface area contributed by atoms with Crippen LogP contribution >= 0.6 is 0 Å². The highest BCUT2D eigenvalue weighted by Gasteiger charge is 2.31. The number of benzene rings is 1. The first-order valence-electron chi connectivity index (χ1n) is 8.08. The Morgan fingerprint density at radius 3 is 2.27 bits per heavy atom. The molecule has 1 saturated heterocycles. The lowest BCUT2D eigenvalue weighted by Crippen LogP contribution is -2.50. The number of rotatable bonds is 2. The van der Waals surface area contributed by atoms with Crippen LogP contribution in [0.2, 0.25) is 0 Å². The highest BCUT2D eigenvalue weighted by atomic mass is 19.4. The van der Waals surface area contributed by atoms with Crippen LogP contribution in [0.1, 0.15) is 23.0 Å². The topological polar surface area (TPSA) is 53.8 Å². The molecule has 2 aromatic rings. The van der Waals surface area contributed by atoms with Crippen molar-refractivity contribution >= 4 is 11.8 Å². The maximum atomic E-state index is 12.8. The Kier molecular flexibility index (Phi) is 4.76. The van der Waals surface area contributed by atoms with Crippen LogP contribution in [0.5, 0.6) is 0 Å². The second kappa shape index (κ2) is 6.86. The minimum Gasteiger partial charge on any atom is -0.451 e. The molecule has 0 bridgehead atoms. The molecule has 26 heavy (non-hydrogen) atoms. The number of furan rings is 1. The molecule has 138 valence electrons. The second-order valence-corrected chi connectivity index (χ2v) is 6.04. The Hall–Kier alpha value is -2.77. The van der Waals surface area contributed by atoms with Crippen LogP contribution in [0.25, 0.3) is 11.3 Å². The minimum atomic E-state index is -4.45. The second-order valence-electron chi connectivity index (χ2n) is 6.04. The van der Waals surface area contributed by atoms with E-state index in [4.69, 9.17) is 4.42 Å². The summed E-state index contributed by atoms with van der Waals surface area (Å²) in [5, 5.41) is 0. The predicted octanol–water partition coefficient (Wildman–Crippen LogP) is 3.27. The zero-order chi connectivity index (χ0) is 18.9. The summed E-state index contributed by atoms with van der Waals surface area (Å²) in [5.41, 5.74) is -0.528. The smallest absolute Gasteiger partial charge is 0.416 e. The molecule has 0 atom stereocenters. The van der Waals surface area contributed by atoms with Crippen LogP contribution < -0.4 is 0 Å².